The summed E-state index contributed by atoms with van der Waals surface area (Å²) in [5.74, 6) is 2.61. The number of aromatic nitrogens is 2. The molecule has 31 heavy (non-hydrogen) atoms. The van der Waals surface area contributed by atoms with E-state index in [9.17, 15) is 0 Å². The lowest BCUT2D eigenvalue weighted by atomic mass is 10.1. The molecule has 0 aliphatic carbocycles. The van der Waals surface area contributed by atoms with Crippen LogP contribution in [0.5, 0.6) is 11.5 Å². The first-order valence-electron chi connectivity index (χ1n) is 9.78. The van der Waals surface area contributed by atoms with E-state index in [0.29, 0.717) is 17.4 Å². The van der Waals surface area contributed by atoms with Crippen LogP contribution in [0.4, 0.5) is 5.82 Å². The van der Waals surface area contributed by atoms with E-state index in [1.54, 1.807) is 20.4 Å². The molecule has 1 heterocycles. The van der Waals surface area contributed by atoms with E-state index < -0.39 is 0 Å². The number of anilines is 1. The molecule has 0 amide bonds. The zero-order valence-electron chi connectivity index (χ0n) is 17.3. The maximum absolute atomic E-state index is 5.42. The number of methoxy groups -OCH3 is 2. The van der Waals surface area contributed by atoms with Crippen molar-refractivity contribution in [3.63, 3.8) is 0 Å². The van der Waals surface area contributed by atoms with Crippen LogP contribution in [0.1, 0.15) is 5.56 Å². The van der Waals surface area contributed by atoms with Crippen molar-refractivity contribution < 1.29 is 9.47 Å². The molecule has 6 heteroatoms. The predicted octanol–water partition coefficient (Wildman–Crippen LogP) is 5.27. The minimum Gasteiger partial charge on any atom is -0.497 e. The summed E-state index contributed by atoms with van der Waals surface area (Å²) in [5.41, 5.74) is 6.59. The molecule has 3 aromatic carbocycles. The van der Waals surface area contributed by atoms with Gasteiger partial charge in [-0.15, -0.1) is 0 Å². The normalized spacial score (nSPS) is 10.8. The number of nitrogens with one attached hydrogen (secondary N) is 1. The minimum atomic E-state index is 0.594. The molecule has 0 aliphatic heterocycles. The summed E-state index contributed by atoms with van der Waals surface area (Å²) in [7, 11) is 3.23. The third-order valence-electron chi connectivity index (χ3n) is 4.65. The van der Waals surface area contributed by atoms with Gasteiger partial charge in [0.2, 0.25) is 0 Å². The zero-order valence-corrected chi connectivity index (χ0v) is 17.3. The molecule has 0 bridgehead atoms. The smallest absolute Gasteiger partial charge is 0.162 e. The molecule has 6 nitrogen and oxygen atoms in total. The van der Waals surface area contributed by atoms with Gasteiger partial charge in [-0.25, -0.2) is 9.97 Å². The molecule has 4 aromatic rings. The van der Waals surface area contributed by atoms with Crippen molar-refractivity contribution in [2.45, 2.75) is 0 Å². The first kappa shape index (κ1) is 20.1. The standard InChI is InChI=1S/C25H22N4O2/c1-30-21-14-13-20(23(15-21)31-2)17-26-29-24-16-22(18-9-5-3-6-10-18)27-25(28-24)19-11-7-4-8-12-19/h3-17H,1-2H3,(H,27,28,29)/b26-17-. The molecule has 0 fully saturated rings. The Hall–Kier alpha value is -4.19. The fourth-order valence-corrected chi connectivity index (χ4v) is 3.07. The van der Waals surface area contributed by atoms with Crippen LogP contribution < -0.4 is 14.9 Å². The van der Waals surface area contributed by atoms with Crippen LogP contribution in [0.3, 0.4) is 0 Å². The number of nitrogens with zero attached hydrogens (tertiary/aromatic N) is 3. The number of benzene rings is 3. The molecule has 1 aromatic heterocycles. The Bertz CT molecular complexity index is 1120. The Morgan fingerprint density at radius 1 is 0.774 bits per heavy atom. The lowest BCUT2D eigenvalue weighted by Crippen LogP contribution is -2.00. The number of hydrazone groups is 1. The molecular formula is C25H22N4O2. The highest BCUT2D eigenvalue weighted by Gasteiger charge is 2.08. The molecule has 1 N–H and O–H groups in total. The summed E-state index contributed by atoms with van der Waals surface area (Å²) in [5, 5.41) is 4.36. The van der Waals surface area contributed by atoms with Crippen LogP contribution in [0.2, 0.25) is 0 Å². The van der Waals surface area contributed by atoms with Crippen LogP contribution in [-0.2, 0) is 0 Å². The maximum atomic E-state index is 5.42. The monoisotopic (exact) mass is 410 g/mol. The summed E-state index contributed by atoms with van der Waals surface area (Å²) < 4.78 is 10.7. The first-order valence-corrected chi connectivity index (χ1v) is 9.78. The van der Waals surface area contributed by atoms with E-state index >= 15 is 0 Å². The molecule has 0 unspecified atom stereocenters. The van der Waals surface area contributed by atoms with Gasteiger partial charge < -0.3 is 9.47 Å². The molecule has 0 spiro atoms. The van der Waals surface area contributed by atoms with Crippen LogP contribution in [0.15, 0.2) is 90.0 Å². The average molecular weight is 410 g/mol. The van der Waals surface area contributed by atoms with E-state index in [-0.39, 0.29) is 0 Å². The molecule has 0 saturated carbocycles. The van der Waals surface area contributed by atoms with Crippen molar-refractivity contribution in [1.82, 2.24) is 9.97 Å². The molecule has 0 saturated heterocycles. The van der Waals surface area contributed by atoms with Gasteiger partial charge in [0.25, 0.3) is 0 Å². The molecule has 4 rings (SSSR count). The largest absolute Gasteiger partial charge is 0.497 e. The van der Waals surface area contributed by atoms with Crippen LogP contribution in [0.25, 0.3) is 22.6 Å². The average Bonchev–Trinajstić information content (AvgIpc) is 2.85. The molecule has 154 valence electrons. The number of hydrogen-bond acceptors (Lipinski definition) is 6. The summed E-state index contributed by atoms with van der Waals surface area (Å²) >= 11 is 0. The minimum absolute atomic E-state index is 0.594. The van der Waals surface area contributed by atoms with Crippen molar-refractivity contribution in [2.75, 3.05) is 19.6 Å². The fraction of sp³-hybridized carbons (Fsp3) is 0.0800. The van der Waals surface area contributed by atoms with Crippen LogP contribution in [-0.4, -0.2) is 30.4 Å². The Balaban J connectivity index is 1.66. The van der Waals surface area contributed by atoms with E-state index in [0.717, 1.165) is 28.1 Å². The van der Waals surface area contributed by atoms with Crippen molar-refractivity contribution in [3.05, 3.63) is 90.5 Å². The Kier molecular flexibility index (Phi) is 6.18. The number of hydrogen-bond donors (Lipinski definition) is 1. The zero-order chi connectivity index (χ0) is 21.5. The highest BCUT2D eigenvalue weighted by Crippen LogP contribution is 2.25. The first-order chi connectivity index (χ1) is 15.3. The fourth-order valence-electron chi connectivity index (χ4n) is 3.07. The topological polar surface area (TPSA) is 68.6 Å². The quantitative estimate of drug-likeness (QED) is 0.332. The highest BCUT2D eigenvalue weighted by atomic mass is 16.5. The highest BCUT2D eigenvalue weighted by molar-refractivity contribution is 5.84. The van der Waals surface area contributed by atoms with Gasteiger partial charge in [-0.05, 0) is 12.1 Å². The number of rotatable bonds is 7. The molecular weight excluding hydrogens is 388 g/mol. The van der Waals surface area contributed by atoms with Crippen LogP contribution in [0, 0.1) is 0 Å². The summed E-state index contributed by atoms with van der Waals surface area (Å²) in [6.45, 7) is 0. The van der Waals surface area contributed by atoms with Gasteiger partial charge in [0.1, 0.15) is 11.5 Å². The molecule has 0 aliphatic rings. The Labute approximate surface area is 181 Å². The number of ether oxygens (including phenoxy) is 2. The molecule has 0 atom stereocenters. The van der Waals surface area contributed by atoms with Crippen molar-refractivity contribution in [1.29, 1.82) is 0 Å². The van der Waals surface area contributed by atoms with Gasteiger partial charge in [-0.1, -0.05) is 60.7 Å². The van der Waals surface area contributed by atoms with Gasteiger partial charge in [0, 0.05) is 28.8 Å². The van der Waals surface area contributed by atoms with Gasteiger partial charge in [-0.3, -0.25) is 5.43 Å². The lowest BCUT2D eigenvalue weighted by molar-refractivity contribution is 0.394. The van der Waals surface area contributed by atoms with Crippen LogP contribution >= 0.6 is 0 Å². The van der Waals surface area contributed by atoms with E-state index in [1.807, 2.05) is 84.9 Å². The second-order valence-electron chi connectivity index (χ2n) is 6.67. The molecule has 0 radical (unpaired) electrons. The van der Waals surface area contributed by atoms with Crippen molar-refractivity contribution in [2.24, 2.45) is 5.10 Å². The van der Waals surface area contributed by atoms with E-state index in [1.165, 1.54) is 0 Å². The third-order valence-corrected chi connectivity index (χ3v) is 4.65. The Morgan fingerprint density at radius 3 is 2.16 bits per heavy atom. The van der Waals surface area contributed by atoms with E-state index in [2.05, 4.69) is 15.5 Å². The maximum Gasteiger partial charge on any atom is 0.162 e. The van der Waals surface area contributed by atoms with Gasteiger partial charge in [-0.2, -0.15) is 5.10 Å². The Morgan fingerprint density at radius 2 is 1.48 bits per heavy atom. The van der Waals surface area contributed by atoms with Gasteiger partial charge in [0.05, 0.1) is 26.1 Å². The second kappa shape index (κ2) is 9.54. The van der Waals surface area contributed by atoms with Gasteiger partial charge >= 0.3 is 0 Å². The SMILES string of the molecule is COc1ccc(/C=N\Nc2cc(-c3ccccc3)nc(-c3ccccc3)n2)c(OC)c1. The third kappa shape index (κ3) is 4.87. The van der Waals surface area contributed by atoms with E-state index in [4.69, 9.17) is 14.5 Å². The second-order valence-corrected chi connectivity index (χ2v) is 6.67. The summed E-state index contributed by atoms with van der Waals surface area (Å²) in [4.78, 5) is 9.39. The van der Waals surface area contributed by atoms with Crippen molar-refractivity contribution >= 4 is 12.0 Å². The van der Waals surface area contributed by atoms with Crippen molar-refractivity contribution in [3.8, 4) is 34.1 Å². The lowest BCUT2D eigenvalue weighted by Gasteiger charge is -2.09. The predicted molar refractivity (Wildman–Crippen MR) is 124 cm³/mol. The summed E-state index contributed by atoms with van der Waals surface area (Å²) in [6.07, 6.45) is 1.69. The summed E-state index contributed by atoms with van der Waals surface area (Å²) in [6, 6.07) is 27.3. The van der Waals surface area contributed by atoms with Gasteiger partial charge in [0.15, 0.2) is 11.6 Å².